The number of hydrogen-bond donors (Lipinski definition) is 2. The molecule has 1 aromatic heterocycles. The molecule has 2 N–H and O–H groups in total. The zero-order valence-corrected chi connectivity index (χ0v) is 7.11. The van der Waals surface area contributed by atoms with Gasteiger partial charge in [-0.25, -0.2) is 8.78 Å². The minimum atomic E-state index is -2.85. The SMILES string of the molecule is O=c1cc(CO)[nH]c(C(F)F)c1Cl. The van der Waals surface area contributed by atoms with E-state index in [2.05, 4.69) is 4.98 Å². The molecule has 0 fully saturated rings. The van der Waals surface area contributed by atoms with Gasteiger partial charge >= 0.3 is 0 Å². The van der Waals surface area contributed by atoms with Crippen LogP contribution in [-0.2, 0) is 6.61 Å². The Bertz CT molecular complexity index is 364. The first-order valence-corrected chi connectivity index (χ1v) is 3.74. The number of aliphatic hydroxyl groups excluding tert-OH is 1. The summed E-state index contributed by atoms with van der Waals surface area (Å²) in [7, 11) is 0. The zero-order valence-electron chi connectivity index (χ0n) is 6.35. The summed E-state index contributed by atoms with van der Waals surface area (Å²) in [5, 5.41) is 8.07. The predicted molar refractivity (Wildman–Crippen MR) is 43.0 cm³/mol. The summed E-state index contributed by atoms with van der Waals surface area (Å²) in [6, 6.07) is 0.980. The topological polar surface area (TPSA) is 53.1 Å². The molecule has 0 saturated heterocycles. The van der Waals surface area contributed by atoms with Gasteiger partial charge in [0, 0.05) is 11.8 Å². The van der Waals surface area contributed by atoms with E-state index in [1.54, 1.807) is 0 Å². The van der Waals surface area contributed by atoms with Gasteiger partial charge in [0.1, 0.15) is 10.7 Å². The second kappa shape index (κ2) is 3.85. The highest BCUT2D eigenvalue weighted by molar-refractivity contribution is 6.31. The molecule has 6 heteroatoms. The quantitative estimate of drug-likeness (QED) is 0.775. The van der Waals surface area contributed by atoms with Gasteiger partial charge in [-0.05, 0) is 0 Å². The molecule has 0 aliphatic heterocycles. The van der Waals surface area contributed by atoms with Gasteiger partial charge in [-0.1, -0.05) is 11.6 Å². The van der Waals surface area contributed by atoms with Crippen LogP contribution >= 0.6 is 11.6 Å². The number of alkyl halides is 2. The van der Waals surface area contributed by atoms with Crippen LogP contribution in [0.25, 0.3) is 0 Å². The molecular formula is C7H6ClF2NO2. The van der Waals surface area contributed by atoms with Crippen molar-refractivity contribution in [2.24, 2.45) is 0 Å². The Labute approximate surface area is 77.0 Å². The maximum absolute atomic E-state index is 12.2. The van der Waals surface area contributed by atoms with Crippen LogP contribution in [0.2, 0.25) is 5.02 Å². The summed E-state index contributed by atoms with van der Waals surface area (Å²) in [5.74, 6) is 0. The summed E-state index contributed by atoms with van der Waals surface area (Å²) >= 11 is 5.31. The summed E-state index contributed by atoms with van der Waals surface area (Å²) in [5.41, 5.74) is -1.36. The van der Waals surface area contributed by atoms with Gasteiger partial charge in [-0.3, -0.25) is 4.79 Å². The van der Waals surface area contributed by atoms with Crippen molar-refractivity contribution in [1.82, 2.24) is 4.98 Å². The largest absolute Gasteiger partial charge is 0.390 e. The predicted octanol–water partition coefficient (Wildman–Crippen LogP) is 1.46. The highest BCUT2D eigenvalue weighted by atomic mass is 35.5. The van der Waals surface area contributed by atoms with Crippen LogP contribution in [0.3, 0.4) is 0 Å². The first-order chi connectivity index (χ1) is 6.06. The van der Waals surface area contributed by atoms with E-state index in [0.717, 1.165) is 6.07 Å². The van der Waals surface area contributed by atoms with Crippen molar-refractivity contribution < 1.29 is 13.9 Å². The minimum absolute atomic E-state index is 0.0182. The molecule has 0 aromatic carbocycles. The number of pyridine rings is 1. The number of hydrogen-bond acceptors (Lipinski definition) is 2. The first-order valence-electron chi connectivity index (χ1n) is 3.37. The molecule has 0 saturated carbocycles. The standard InChI is InChI=1S/C7H6ClF2NO2/c8-5-4(13)1-3(2-12)11-6(5)7(9)10/h1,7,12H,2H2,(H,11,13). The third-order valence-corrected chi connectivity index (χ3v) is 1.83. The molecule has 0 bridgehead atoms. The van der Waals surface area contributed by atoms with E-state index in [0.29, 0.717) is 0 Å². The van der Waals surface area contributed by atoms with Gasteiger partial charge in [0.25, 0.3) is 6.43 Å². The van der Waals surface area contributed by atoms with E-state index >= 15 is 0 Å². The number of aromatic nitrogens is 1. The van der Waals surface area contributed by atoms with E-state index in [1.807, 2.05) is 0 Å². The van der Waals surface area contributed by atoms with Crippen molar-refractivity contribution in [2.75, 3.05) is 0 Å². The van der Waals surface area contributed by atoms with Gasteiger partial charge < -0.3 is 10.1 Å². The number of H-pyrrole nitrogens is 1. The lowest BCUT2D eigenvalue weighted by Gasteiger charge is -2.04. The molecule has 3 nitrogen and oxygen atoms in total. The Morgan fingerprint density at radius 2 is 2.23 bits per heavy atom. The second-order valence-electron chi connectivity index (χ2n) is 2.35. The van der Waals surface area contributed by atoms with Gasteiger partial charge in [0.05, 0.1) is 6.61 Å². The summed E-state index contributed by atoms with van der Waals surface area (Å²) in [4.78, 5) is 13.1. The number of rotatable bonds is 2. The van der Waals surface area contributed by atoms with Crippen LogP contribution in [0.4, 0.5) is 8.78 Å². The normalized spacial score (nSPS) is 10.8. The average molecular weight is 210 g/mol. The van der Waals surface area contributed by atoms with E-state index in [-0.39, 0.29) is 5.69 Å². The van der Waals surface area contributed by atoms with Crippen molar-refractivity contribution in [3.05, 3.63) is 32.7 Å². The van der Waals surface area contributed by atoms with Crippen LogP contribution in [0.1, 0.15) is 17.8 Å². The van der Waals surface area contributed by atoms with E-state index in [9.17, 15) is 13.6 Å². The highest BCUT2D eigenvalue weighted by Crippen LogP contribution is 2.22. The monoisotopic (exact) mass is 209 g/mol. The van der Waals surface area contributed by atoms with Gasteiger partial charge in [-0.2, -0.15) is 0 Å². The Morgan fingerprint density at radius 3 is 2.69 bits per heavy atom. The molecule has 1 rings (SSSR count). The molecule has 0 spiro atoms. The second-order valence-corrected chi connectivity index (χ2v) is 2.72. The number of halogens is 3. The third kappa shape index (κ3) is 2.05. The fraction of sp³-hybridized carbons (Fsp3) is 0.286. The van der Waals surface area contributed by atoms with Crippen LogP contribution in [0.5, 0.6) is 0 Å². The van der Waals surface area contributed by atoms with Gasteiger partial charge in [-0.15, -0.1) is 0 Å². The summed E-state index contributed by atoms with van der Waals surface area (Å²) in [6.07, 6.45) is -2.85. The lowest BCUT2D eigenvalue weighted by Crippen LogP contribution is -2.09. The molecule has 0 radical (unpaired) electrons. The van der Waals surface area contributed by atoms with Gasteiger partial charge in [0.2, 0.25) is 5.43 Å². The Morgan fingerprint density at radius 1 is 1.62 bits per heavy atom. The lowest BCUT2D eigenvalue weighted by molar-refractivity contribution is 0.145. The molecule has 0 unspecified atom stereocenters. The number of nitrogens with one attached hydrogen (secondary N) is 1. The Kier molecular flexibility index (Phi) is 3.00. The Balaban J connectivity index is 3.33. The maximum atomic E-state index is 12.2. The summed E-state index contributed by atoms with van der Waals surface area (Å²) in [6.45, 7) is -0.508. The van der Waals surface area contributed by atoms with Crippen LogP contribution in [0.15, 0.2) is 10.9 Å². The maximum Gasteiger partial charge on any atom is 0.279 e. The molecule has 1 aromatic rings. The highest BCUT2D eigenvalue weighted by Gasteiger charge is 2.15. The van der Waals surface area contributed by atoms with Crippen LogP contribution < -0.4 is 5.43 Å². The number of aromatic amines is 1. The average Bonchev–Trinajstić information content (AvgIpc) is 2.09. The lowest BCUT2D eigenvalue weighted by atomic mass is 10.3. The van der Waals surface area contributed by atoms with Crippen molar-refractivity contribution in [3.63, 3.8) is 0 Å². The van der Waals surface area contributed by atoms with E-state index in [4.69, 9.17) is 16.7 Å². The van der Waals surface area contributed by atoms with E-state index < -0.39 is 29.2 Å². The molecule has 0 aliphatic carbocycles. The van der Waals surface area contributed by atoms with E-state index in [1.165, 1.54) is 0 Å². The van der Waals surface area contributed by atoms with Crippen molar-refractivity contribution in [2.45, 2.75) is 13.0 Å². The fourth-order valence-corrected chi connectivity index (χ4v) is 1.04. The first kappa shape index (κ1) is 10.1. The van der Waals surface area contributed by atoms with Gasteiger partial charge in [0.15, 0.2) is 0 Å². The smallest absolute Gasteiger partial charge is 0.279 e. The summed E-state index contributed by atoms with van der Waals surface area (Å²) < 4.78 is 24.4. The van der Waals surface area contributed by atoms with Crippen molar-refractivity contribution >= 4 is 11.6 Å². The van der Waals surface area contributed by atoms with Crippen LogP contribution in [-0.4, -0.2) is 10.1 Å². The minimum Gasteiger partial charge on any atom is -0.390 e. The molecule has 13 heavy (non-hydrogen) atoms. The zero-order chi connectivity index (χ0) is 10.0. The molecule has 72 valence electrons. The fourth-order valence-electron chi connectivity index (χ4n) is 0.854. The van der Waals surface area contributed by atoms with Crippen LogP contribution in [0, 0.1) is 0 Å². The molecular weight excluding hydrogens is 204 g/mol. The number of aliphatic hydroxyl groups is 1. The van der Waals surface area contributed by atoms with Crippen molar-refractivity contribution in [3.8, 4) is 0 Å². The molecule has 1 heterocycles. The Hall–Kier alpha value is -0.940. The molecule has 0 amide bonds. The molecule has 0 aliphatic rings. The van der Waals surface area contributed by atoms with Crippen molar-refractivity contribution in [1.29, 1.82) is 0 Å². The third-order valence-electron chi connectivity index (χ3n) is 1.44. The molecule has 0 atom stereocenters.